The molecule has 8 aliphatic rings. The van der Waals surface area contributed by atoms with Gasteiger partial charge >= 0.3 is 17.9 Å². The Morgan fingerprint density at radius 1 is 0.657 bits per heavy atom. The number of carbonyl (C=O) groups excluding carboxylic acids is 2. The first-order valence-corrected chi connectivity index (χ1v) is 24.4. The number of hydrogen-bond donors (Lipinski definition) is 12. The van der Waals surface area contributed by atoms with Crippen LogP contribution in [0.25, 0.3) is 0 Å². The molecule has 0 radical (unpaired) electrons. The molecule has 25 unspecified atom stereocenters. The van der Waals surface area contributed by atoms with Crippen molar-refractivity contribution in [1.29, 1.82) is 0 Å². The van der Waals surface area contributed by atoms with Crippen molar-refractivity contribution in [2.24, 2.45) is 50.2 Å². The van der Waals surface area contributed by atoms with Crippen molar-refractivity contribution in [1.82, 2.24) is 0 Å². The van der Waals surface area contributed by atoms with Gasteiger partial charge in [-0.05, 0) is 104 Å². The SMILES string of the molecule is CC1(C(=O)OC2OC(CO)C(O)C(O)C2O)CCC2(C)CCC3(C)C(=CC(=O)C4C5(C)CCC(OC6OC(C(=O)O)C(O)C(O)C6OC6OC(C(=O)O)C(O)C(O)C6O)C(C)(CO)C5CCC43C)C2C1. The molecule has 22 heteroatoms. The van der Waals surface area contributed by atoms with Crippen molar-refractivity contribution in [2.45, 2.75) is 198 Å². The zero-order valence-corrected chi connectivity index (χ0v) is 40.3. The van der Waals surface area contributed by atoms with Crippen molar-refractivity contribution >= 4 is 23.7 Å². The molecule has 0 spiro atoms. The fraction of sp³-hybridized carbons (Fsp3) is 0.875. The van der Waals surface area contributed by atoms with Crippen molar-refractivity contribution in [3.8, 4) is 0 Å². The smallest absolute Gasteiger partial charge is 0.335 e. The second-order valence-corrected chi connectivity index (χ2v) is 23.3. The van der Waals surface area contributed by atoms with E-state index in [1.165, 1.54) is 0 Å². The van der Waals surface area contributed by atoms with E-state index in [-0.39, 0.29) is 23.5 Å². The summed E-state index contributed by atoms with van der Waals surface area (Å²) in [6.07, 6.45) is -23.2. The van der Waals surface area contributed by atoms with Crippen LogP contribution in [0.15, 0.2) is 11.6 Å². The highest BCUT2D eigenvalue weighted by Gasteiger charge is 2.71. The third-order valence-electron chi connectivity index (χ3n) is 19.4. The summed E-state index contributed by atoms with van der Waals surface area (Å²) < 4.78 is 34.5. The number of aliphatic hydroxyl groups excluding tert-OH is 10. The molecule has 7 fully saturated rings. The van der Waals surface area contributed by atoms with Crippen LogP contribution < -0.4 is 0 Å². The van der Waals surface area contributed by atoms with Gasteiger partial charge in [0.2, 0.25) is 6.29 Å². The van der Waals surface area contributed by atoms with Gasteiger partial charge in [0, 0.05) is 11.3 Å². The van der Waals surface area contributed by atoms with Gasteiger partial charge in [-0.3, -0.25) is 9.59 Å². The molecule has 22 nitrogen and oxygen atoms in total. The first kappa shape index (κ1) is 53.5. The number of fused-ring (bicyclic) bond motifs is 7. The molecule has 4 saturated carbocycles. The quantitative estimate of drug-likeness (QED) is 0.0873. The number of esters is 1. The lowest BCUT2D eigenvalue weighted by atomic mass is 9.33. The molecule has 3 heterocycles. The second kappa shape index (κ2) is 18.6. The van der Waals surface area contributed by atoms with Gasteiger partial charge < -0.3 is 89.7 Å². The summed E-state index contributed by atoms with van der Waals surface area (Å²) in [5, 5.41) is 126. The molecule has 5 aliphatic carbocycles. The van der Waals surface area contributed by atoms with Gasteiger partial charge in [-0.2, -0.15) is 0 Å². The third-order valence-corrected chi connectivity index (χ3v) is 19.4. The van der Waals surface area contributed by atoms with Crippen LogP contribution in [0, 0.1) is 50.2 Å². The number of carboxylic acids is 2. The van der Waals surface area contributed by atoms with Gasteiger partial charge in [-0.1, -0.05) is 40.2 Å². The Bertz CT molecular complexity index is 2070. The molecule has 0 aromatic carbocycles. The van der Waals surface area contributed by atoms with Gasteiger partial charge in [0.05, 0.1) is 24.7 Å². The van der Waals surface area contributed by atoms with Gasteiger partial charge in [0.25, 0.3) is 0 Å². The summed E-state index contributed by atoms with van der Waals surface area (Å²) >= 11 is 0. The number of ether oxygens (including phenoxy) is 6. The molecule has 0 bridgehead atoms. The molecule has 3 aliphatic heterocycles. The van der Waals surface area contributed by atoms with E-state index < -0.39 is 168 Å². The van der Waals surface area contributed by atoms with E-state index in [1.807, 2.05) is 6.92 Å². The summed E-state index contributed by atoms with van der Waals surface area (Å²) in [5.41, 5.74) is -3.51. The minimum absolute atomic E-state index is 0.0919. The Morgan fingerprint density at radius 2 is 1.24 bits per heavy atom. The van der Waals surface area contributed by atoms with Crippen molar-refractivity contribution in [2.75, 3.05) is 13.2 Å². The standard InChI is InChI=1S/C48H72O22/c1-43-11-12-44(2,42(64)70-39-31(58)26(53)25(52)22(17-49)65-39)16-20(43)19-15-21(51)36-45(3)9-8-24(46(4,18-50)23(45)7-10-48(36,6)47(19,5)14-13-43)66-41-35(30(57)29(56)34(68-41)38(62)63)69-40-32(59)27(54)28(55)33(67-40)37(60)61/h15,20,22-36,39-41,49-50,52-59H,7-14,16-18H2,1-6H3,(H,60,61)(H,62,63). The molecule has 12 N–H and O–H groups in total. The van der Waals surface area contributed by atoms with Crippen LogP contribution in [0.5, 0.6) is 0 Å². The van der Waals surface area contributed by atoms with Crippen LogP contribution in [-0.4, -0.2) is 196 Å². The molecule has 0 amide bonds. The van der Waals surface area contributed by atoms with E-state index in [9.17, 15) is 75.7 Å². The lowest BCUT2D eigenvalue weighted by molar-refractivity contribution is -0.372. The molecular formula is C48H72O22. The average molecular weight is 1000 g/mol. The average Bonchev–Trinajstić information content (AvgIpc) is 3.30. The number of carbonyl (C=O) groups is 4. The summed E-state index contributed by atoms with van der Waals surface area (Å²) in [4.78, 5) is 53.5. The highest BCUT2D eigenvalue weighted by molar-refractivity contribution is 5.95. The summed E-state index contributed by atoms with van der Waals surface area (Å²) in [6.45, 7) is 11.0. The van der Waals surface area contributed by atoms with E-state index in [2.05, 4.69) is 20.8 Å². The number of hydrogen-bond acceptors (Lipinski definition) is 20. The Hall–Kier alpha value is -2.78. The zero-order chi connectivity index (χ0) is 51.6. The van der Waals surface area contributed by atoms with E-state index in [0.29, 0.717) is 38.5 Å². The molecular weight excluding hydrogens is 929 g/mol. The van der Waals surface area contributed by atoms with Crippen molar-refractivity contribution in [3.05, 3.63) is 11.6 Å². The molecule has 396 valence electrons. The first-order valence-electron chi connectivity index (χ1n) is 24.4. The molecule has 0 aromatic rings. The summed E-state index contributed by atoms with van der Waals surface area (Å²) in [5.74, 6) is -5.35. The van der Waals surface area contributed by atoms with Crippen LogP contribution in [0.4, 0.5) is 0 Å². The number of aliphatic hydroxyl groups is 10. The van der Waals surface area contributed by atoms with E-state index in [0.717, 1.165) is 18.4 Å². The highest BCUT2D eigenvalue weighted by Crippen LogP contribution is 2.75. The largest absolute Gasteiger partial charge is 0.479 e. The zero-order valence-electron chi connectivity index (χ0n) is 40.3. The number of allylic oxidation sites excluding steroid dienone is 2. The van der Waals surface area contributed by atoms with E-state index >= 15 is 4.79 Å². The summed E-state index contributed by atoms with van der Waals surface area (Å²) in [6, 6.07) is 0. The van der Waals surface area contributed by atoms with Crippen LogP contribution in [-0.2, 0) is 47.6 Å². The van der Waals surface area contributed by atoms with Crippen LogP contribution >= 0.6 is 0 Å². The maximum Gasteiger partial charge on any atom is 0.335 e. The highest BCUT2D eigenvalue weighted by atomic mass is 16.8. The van der Waals surface area contributed by atoms with Crippen LogP contribution in [0.2, 0.25) is 0 Å². The van der Waals surface area contributed by atoms with Crippen LogP contribution in [0.3, 0.4) is 0 Å². The Morgan fingerprint density at radius 3 is 1.86 bits per heavy atom. The van der Waals surface area contributed by atoms with E-state index in [4.69, 9.17) is 28.4 Å². The Labute approximate surface area is 404 Å². The number of carboxylic acid groups (broad SMARTS) is 2. The van der Waals surface area contributed by atoms with Gasteiger partial charge in [-0.15, -0.1) is 0 Å². The maximum atomic E-state index is 15.2. The van der Waals surface area contributed by atoms with Gasteiger partial charge in [-0.25, -0.2) is 9.59 Å². The predicted molar refractivity (Wildman–Crippen MR) is 233 cm³/mol. The Kier molecular flexibility index (Phi) is 14.2. The maximum absolute atomic E-state index is 15.2. The van der Waals surface area contributed by atoms with Crippen LogP contribution in [0.1, 0.15) is 99.3 Å². The lowest BCUT2D eigenvalue weighted by Crippen LogP contribution is -2.69. The monoisotopic (exact) mass is 1000 g/mol. The fourth-order valence-electron chi connectivity index (χ4n) is 14.8. The molecule has 3 saturated heterocycles. The minimum atomic E-state index is -2.13. The molecule has 70 heavy (non-hydrogen) atoms. The van der Waals surface area contributed by atoms with Crippen molar-refractivity contribution < 1.29 is 109 Å². The number of aliphatic carboxylic acids is 2. The topological polar surface area (TPSA) is 366 Å². The molecule has 25 atom stereocenters. The Balaban J connectivity index is 1.06. The summed E-state index contributed by atoms with van der Waals surface area (Å²) in [7, 11) is 0. The fourth-order valence-corrected chi connectivity index (χ4v) is 14.8. The molecule has 0 aromatic heterocycles. The normalized spacial score (nSPS) is 53.6. The molecule has 8 rings (SSSR count). The number of rotatable bonds is 10. The van der Waals surface area contributed by atoms with E-state index in [1.54, 1.807) is 19.9 Å². The van der Waals surface area contributed by atoms with Crippen molar-refractivity contribution in [3.63, 3.8) is 0 Å². The lowest BCUT2D eigenvalue weighted by Gasteiger charge is -2.70. The predicted octanol–water partition coefficient (Wildman–Crippen LogP) is -1.52. The minimum Gasteiger partial charge on any atom is -0.479 e. The van der Waals surface area contributed by atoms with Gasteiger partial charge in [0.15, 0.2) is 30.6 Å². The third kappa shape index (κ3) is 8.10. The first-order chi connectivity index (χ1) is 32.6. The second-order valence-electron chi connectivity index (χ2n) is 23.3. The van der Waals surface area contributed by atoms with Gasteiger partial charge in [0.1, 0.15) is 61.0 Å². The number of ketones is 1.